The Balaban J connectivity index is 0.00000210. The van der Waals surface area contributed by atoms with Crippen LogP contribution in [0.25, 0.3) is 0 Å². The van der Waals surface area contributed by atoms with Crippen LogP contribution in [0.2, 0.25) is 0 Å². The van der Waals surface area contributed by atoms with Crippen LogP contribution < -0.4 is 15.4 Å². The summed E-state index contributed by atoms with van der Waals surface area (Å²) in [7, 11) is 0. The number of piperidine rings is 1. The fourth-order valence-corrected chi connectivity index (χ4v) is 4.32. The van der Waals surface area contributed by atoms with Crippen LogP contribution >= 0.6 is 12.4 Å². The maximum Gasteiger partial charge on any atom is 0.257 e. The van der Waals surface area contributed by atoms with Gasteiger partial charge < -0.3 is 15.4 Å². The summed E-state index contributed by atoms with van der Waals surface area (Å²) in [5.41, 5.74) is 1.71. The van der Waals surface area contributed by atoms with Crippen molar-refractivity contribution in [2.45, 2.75) is 38.6 Å². The Hall–Kier alpha value is -1.30. The second-order valence-corrected chi connectivity index (χ2v) is 8.35. The Kier molecular flexibility index (Phi) is 7.01. The molecule has 1 spiro atoms. The number of carbonyl (C=O) groups excluding carboxylic acids is 1. The lowest BCUT2D eigenvalue weighted by Crippen LogP contribution is -2.38. The van der Waals surface area contributed by atoms with E-state index in [4.69, 9.17) is 4.74 Å². The summed E-state index contributed by atoms with van der Waals surface area (Å²) in [6, 6.07) is 8.16. The molecule has 2 N–H and O–H groups in total. The summed E-state index contributed by atoms with van der Waals surface area (Å²) in [5.74, 6) is 1.53. The molecule has 1 aromatic carbocycles. The van der Waals surface area contributed by atoms with Crippen LogP contribution in [0.1, 0.15) is 37.7 Å². The van der Waals surface area contributed by atoms with Crippen LogP contribution in [0.3, 0.4) is 0 Å². The Bertz CT molecular complexity index is 630. The third kappa shape index (κ3) is 5.59. The van der Waals surface area contributed by atoms with Gasteiger partial charge in [0.25, 0.3) is 5.91 Å². The first-order valence-corrected chi connectivity index (χ1v) is 10.1. The largest absolute Gasteiger partial charge is 0.483 e. The van der Waals surface area contributed by atoms with Crippen molar-refractivity contribution in [3.8, 4) is 5.75 Å². The van der Waals surface area contributed by atoms with Gasteiger partial charge in [0.2, 0.25) is 0 Å². The molecule has 3 aliphatic rings. The molecule has 1 saturated carbocycles. The van der Waals surface area contributed by atoms with Gasteiger partial charge in [-0.15, -0.1) is 12.4 Å². The molecule has 0 unspecified atom stereocenters. The van der Waals surface area contributed by atoms with Crippen LogP contribution in [0.4, 0.5) is 0 Å². The van der Waals surface area contributed by atoms with Crippen molar-refractivity contribution in [3.05, 3.63) is 29.8 Å². The number of ether oxygens (including phenoxy) is 1. The number of halogens is 1. The molecule has 2 saturated heterocycles. The number of carbonyl (C=O) groups is 1. The van der Waals surface area contributed by atoms with E-state index in [-0.39, 0.29) is 24.9 Å². The maximum atomic E-state index is 12.0. The molecule has 5 nitrogen and oxygen atoms in total. The van der Waals surface area contributed by atoms with E-state index in [1.165, 1.54) is 44.2 Å². The van der Waals surface area contributed by atoms with Gasteiger partial charge in [-0.05, 0) is 69.1 Å². The van der Waals surface area contributed by atoms with Gasteiger partial charge in [-0.2, -0.15) is 0 Å². The zero-order valence-corrected chi connectivity index (χ0v) is 16.9. The van der Waals surface area contributed by atoms with Crippen molar-refractivity contribution in [1.29, 1.82) is 0 Å². The lowest BCUT2D eigenvalue weighted by Gasteiger charge is -2.34. The number of hydrogen-bond donors (Lipinski definition) is 2. The Morgan fingerprint density at radius 1 is 1.22 bits per heavy atom. The third-order valence-electron chi connectivity index (χ3n) is 6.19. The van der Waals surface area contributed by atoms with Crippen LogP contribution in [0.15, 0.2) is 24.3 Å². The summed E-state index contributed by atoms with van der Waals surface area (Å²) >= 11 is 0. The minimum absolute atomic E-state index is 0. The number of nitrogens with one attached hydrogen (secondary N) is 2. The van der Waals surface area contributed by atoms with E-state index in [1.807, 2.05) is 12.1 Å². The zero-order valence-electron chi connectivity index (χ0n) is 16.0. The minimum atomic E-state index is -0.0125. The van der Waals surface area contributed by atoms with Crippen LogP contribution in [-0.2, 0) is 11.3 Å². The number of nitrogens with zero attached hydrogens (tertiary/aromatic N) is 1. The lowest BCUT2D eigenvalue weighted by atomic mass is 9.78. The highest BCUT2D eigenvalue weighted by Gasteiger charge is 2.38. The first-order chi connectivity index (χ1) is 12.7. The van der Waals surface area contributed by atoms with Gasteiger partial charge in [0, 0.05) is 25.2 Å². The van der Waals surface area contributed by atoms with Gasteiger partial charge in [-0.1, -0.05) is 18.2 Å². The first kappa shape index (κ1) is 20.4. The average molecular weight is 394 g/mol. The molecule has 27 heavy (non-hydrogen) atoms. The maximum absolute atomic E-state index is 12.0. The molecule has 0 radical (unpaired) electrons. The number of rotatable bonds is 7. The van der Waals surface area contributed by atoms with Crippen LogP contribution in [-0.4, -0.2) is 50.1 Å². The Morgan fingerprint density at radius 2 is 2.00 bits per heavy atom. The SMILES string of the molecule is Cl.O=C(COc1ccccc1CN1CCC2(CCNCC2)C1)NCC1CC1. The third-order valence-corrected chi connectivity index (χ3v) is 6.19. The van der Waals surface area contributed by atoms with Gasteiger partial charge in [0.15, 0.2) is 6.61 Å². The van der Waals surface area contributed by atoms with Crippen molar-refractivity contribution in [1.82, 2.24) is 15.5 Å². The molecular weight excluding hydrogens is 362 g/mol. The highest BCUT2D eigenvalue weighted by molar-refractivity contribution is 5.85. The lowest BCUT2D eigenvalue weighted by molar-refractivity contribution is -0.123. The first-order valence-electron chi connectivity index (χ1n) is 10.1. The number of para-hydroxylation sites is 1. The van der Waals surface area contributed by atoms with E-state index >= 15 is 0 Å². The molecule has 0 atom stereocenters. The summed E-state index contributed by atoms with van der Waals surface area (Å²) < 4.78 is 5.85. The van der Waals surface area contributed by atoms with E-state index in [2.05, 4.69) is 27.7 Å². The van der Waals surface area contributed by atoms with Crippen molar-refractivity contribution >= 4 is 18.3 Å². The normalized spacial score (nSPS) is 21.6. The molecule has 0 aromatic heterocycles. The second kappa shape index (κ2) is 9.26. The summed E-state index contributed by atoms with van der Waals surface area (Å²) in [4.78, 5) is 14.5. The topological polar surface area (TPSA) is 53.6 Å². The molecule has 2 heterocycles. The van der Waals surface area contributed by atoms with E-state index in [0.29, 0.717) is 11.3 Å². The molecule has 0 bridgehead atoms. The van der Waals surface area contributed by atoms with Crippen LogP contribution in [0, 0.1) is 11.3 Å². The van der Waals surface area contributed by atoms with Gasteiger partial charge >= 0.3 is 0 Å². The van der Waals surface area contributed by atoms with Gasteiger partial charge in [-0.25, -0.2) is 0 Å². The predicted octanol–water partition coefficient (Wildman–Crippen LogP) is 2.59. The highest BCUT2D eigenvalue weighted by atomic mass is 35.5. The second-order valence-electron chi connectivity index (χ2n) is 8.35. The average Bonchev–Trinajstić information content (AvgIpc) is 3.42. The molecule has 3 fully saturated rings. The Morgan fingerprint density at radius 3 is 2.78 bits per heavy atom. The fourth-order valence-electron chi connectivity index (χ4n) is 4.32. The number of likely N-dealkylation sites (tertiary alicyclic amines) is 1. The van der Waals surface area contributed by atoms with E-state index in [0.717, 1.165) is 38.5 Å². The molecule has 4 rings (SSSR count). The minimum Gasteiger partial charge on any atom is -0.483 e. The number of benzene rings is 1. The molecular formula is C21H32ClN3O2. The Labute approximate surface area is 168 Å². The summed E-state index contributed by atoms with van der Waals surface area (Å²) in [6.07, 6.45) is 6.39. The molecule has 1 aromatic rings. The standard InChI is InChI=1S/C21H31N3O2.ClH/c25-20(23-13-17-5-6-17)15-26-19-4-2-1-3-18(19)14-24-12-9-21(16-24)7-10-22-11-8-21;/h1-4,17,22H,5-16H2,(H,23,25);1H. The highest BCUT2D eigenvalue weighted by Crippen LogP contribution is 2.39. The van der Waals surface area contributed by atoms with Crippen molar-refractivity contribution in [2.75, 3.05) is 39.3 Å². The van der Waals surface area contributed by atoms with Crippen molar-refractivity contribution in [3.63, 3.8) is 0 Å². The van der Waals surface area contributed by atoms with E-state index < -0.39 is 0 Å². The predicted molar refractivity (Wildman–Crippen MR) is 109 cm³/mol. The molecule has 1 amide bonds. The van der Waals surface area contributed by atoms with Gasteiger partial charge in [-0.3, -0.25) is 9.69 Å². The van der Waals surface area contributed by atoms with Crippen LogP contribution in [0.5, 0.6) is 5.75 Å². The number of hydrogen-bond acceptors (Lipinski definition) is 4. The zero-order chi connectivity index (χ0) is 17.8. The smallest absolute Gasteiger partial charge is 0.257 e. The monoisotopic (exact) mass is 393 g/mol. The van der Waals surface area contributed by atoms with Gasteiger partial charge in [0.05, 0.1) is 0 Å². The summed E-state index contributed by atoms with van der Waals surface area (Å²) in [6.45, 7) is 6.48. The summed E-state index contributed by atoms with van der Waals surface area (Å²) in [5, 5.41) is 6.45. The quantitative estimate of drug-likeness (QED) is 0.747. The molecule has 150 valence electrons. The molecule has 6 heteroatoms. The van der Waals surface area contributed by atoms with E-state index in [9.17, 15) is 4.79 Å². The van der Waals surface area contributed by atoms with Crippen molar-refractivity contribution in [2.24, 2.45) is 11.3 Å². The molecule has 2 aliphatic heterocycles. The van der Waals surface area contributed by atoms with Gasteiger partial charge in [0.1, 0.15) is 5.75 Å². The molecule has 1 aliphatic carbocycles. The van der Waals surface area contributed by atoms with E-state index in [1.54, 1.807) is 0 Å². The fraction of sp³-hybridized carbons (Fsp3) is 0.667. The number of amides is 1. The van der Waals surface area contributed by atoms with Crippen molar-refractivity contribution < 1.29 is 9.53 Å².